The van der Waals surface area contributed by atoms with Gasteiger partial charge in [-0.15, -0.1) is 0 Å². The molecule has 140 valence electrons. The Morgan fingerprint density at radius 3 is 2.96 bits per heavy atom. The molecule has 3 aromatic rings. The molecule has 0 radical (unpaired) electrons. The monoisotopic (exact) mass is 364 g/mol. The highest BCUT2D eigenvalue weighted by molar-refractivity contribution is 5.80. The van der Waals surface area contributed by atoms with Gasteiger partial charge in [0, 0.05) is 43.3 Å². The van der Waals surface area contributed by atoms with Crippen molar-refractivity contribution in [3.05, 3.63) is 53.0 Å². The first-order valence-electron chi connectivity index (χ1n) is 9.42. The first kappa shape index (κ1) is 17.5. The number of pyridine rings is 1. The van der Waals surface area contributed by atoms with Crippen LogP contribution in [0.25, 0.3) is 17.1 Å². The fraction of sp³-hybridized carbons (Fsp3) is 0.400. The Morgan fingerprint density at radius 2 is 2.11 bits per heavy atom. The van der Waals surface area contributed by atoms with E-state index in [0.29, 0.717) is 11.7 Å². The fourth-order valence-corrected chi connectivity index (χ4v) is 3.62. The molecule has 1 atom stereocenters. The van der Waals surface area contributed by atoms with Gasteiger partial charge in [0.25, 0.3) is 5.56 Å². The summed E-state index contributed by atoms with van der Waals surface area (Å²) in [5.41, 5.74) is 3.80. The van der Waals surface area contributed by atoms with Crippen molar-refractivity contribution >= 4 is 5.69 Å². The zero-order chi connectivity index (χ0) is 18.8. The van der Waals surface area contributed by atoms with Crippen LogP contribution in [0, 0.1) is 5.92 Å². The lowest BCUT2D eigenvalue weighted by atomic mass is 10.0. The van der Waals surface area contributed by atoms with Gasteiger partial charge >= 0.3 is 0 Å². The second-order valence-corrected chi connectivity index (χ2v) is 7.23. The first-order chi connectivity index (χ1) is 13.1. The molecule has 0 saturated carbocycles. The van der Waals surface area contributed by atoms with Crippen LogP contribution in [-0.2, 0) is 13.5 Å². The van der Waals surface area contributed by atoms with Gasteiger partial charge in [0.1, 0.15) is 12.0 Å². The van der Waals surface area contributed by atoms with E-state index in [2.05, 4.69) is 33.4 Å². The Bertz CT molecular complexity index is 1010. The number of hydrogen-bond acceptors (Lipinski definition) is 5. The van der Waals surface area contributed by atoms with Crippen LogP contribution < -0.4 is 10.9 Å². The maximum Gasteiger partial charge on any atom is 0.259 e. The van der Waals surface area contributed by atoms with Crippen LogP contribution >= 0.6 is 0 Å². The molecule has 1 unspecified atom stereocenters. The molecule has 4 heterocycles. The summed E-state index contributed by atoms with van der Waals surface area (Å²) in [4.78, 5) is 21.0. The third kappa shape index (κ3) is 3.49. The van der Waals surface area contributed by atoms with Crippen LogP contribution in [-0.4, -0.2) is 30.9 Å². The lowest BCUT2D eigenvalue weighted by molar-refractivity contribution is 0.517. The predicted octanol–water partition coefficient (Wildman–Crippen LogP) is 2.80. The summed E-state index contributed by atoms with van der Waals surface area (Å²) in [7, 11) is 1.90. The topological polar surface area (TPSA) is 77.6 Å². The minimum Gasteiger partial charge on any atom is -0.380 e. The van der Waals surface area contributed by atoms with Crippen LogP contribution in [0.4, 0.5) is 5.69 Å². The molecule has 7 nitrogen and oxygen atoms in total. The summed E-state index contributed by atoms with van der Waals surface area (Å²) < 4.78 is 3.32. The highest BCUT2D eigenvalue weighted by Gasteiger charge is 2.21. The summed E-state index contributed by atoms with van der Waals surface area (Å²) in [5, 5.41) is 8.21. The number of aryl methyl sites for hydroxylation is 2. The van der Waals surface area contributed by atoms with E-state index in [0.717, 1.165) is 48.4 Å². The number of anilines is 1. The molecule has 1 N–H and O–H groups in total. The molecule has 0 spiro atoms. The largest absolute Gasteiger partial charge is 0.380 e. The van der Waals surface area contributed by atoms with E-state index >= 15 is 0 Å². The zero-order valence-corrected chi connectivity index (χ0v) is 15.7. The third-order valence-electron chi connectivity index (χ3n) is 5.08. The summed E-state index contributed by atoms with van der Waals surface area (Å²) in [6.07, 6.45) is 9.34. The van der Waals surface area contributed by atoms with Crippen LogP contribution in [0.15, 0.2) is 41.7 Å². The third-order valence-corrected chi connectivity index (χ3v) is 5.08. The Labute approximate surface area is 158 Å². The molecule has 2 bridgehead atoms. The van der Waals surface area contributed by atoms with Crippen LogP contribution in [0.5, 0.6) is 0 Å². The molecule has 0 aromatic carbocycles. The van der Waals surface area contributed by atoms with Gasteiger partial charge in [-0.05, 0) is 37.3 Å². The van der Waals surface area contributed by atoms with E-state index < -0.39 is 0 Å². The number of nitrogens with zero attached hydrogens (tertiary/aromatic N) is 5. The molecule has 3 aromatic heterocycles. The number of fused-ring (bicyclic) bond motifs is 4. The second kappa shape index (κ2) is 7.34. The number of rotatable bonds is 1. The summed E-state index contributed by atoms with van der Waals surface area (Å²) in [6, 6.07) is 5.57. The van der Waals surface area contributed by atoms with E-state index in [9.17, 15) is 4.79 Å². The van der Waals surface area contributed by atoms with Gasteiger partial charge in [-0.2, -0.15) is 5.10 Å². The lowest BCUT2D eigenvalue weighted by Crippen LogP contribution is -2.19. The normalized spacial score (nSPS) is 17.3. The Balaban J connectivity index is 1.91. The van der Waals surface area contributed by atoms with Gasteiger partial charge < -0.3 is 5.32 Å². The second-order valence-electron chi connectivity index (χ2n) is 7.23. The Hall–Kier alpha value is -2.96. The number of hydrogen-bond donors (Lipinski definition) is 1. The highest BCUT2D eigenvalue weighted by Crippen LogP contribution is 2.33. The van der Waals surface area contributed by atoms with Crippen molar-refractivity contribution in [2.24, 2.45) is 13.0 Å². The fourth-order valence-electron chi connectivity index (χ4n) is 3.62. The molecule has 1 aliphatic rings. The highest BCUT2D eigenvalue weighted by atomic mass is 16.1. The minimum absolute atomic E-state index is 0.151. The summed E-state index contributed by atoms with van der Waals surface area (Å²) >= 11 is 0. The summed E-state index contributed by atoms with van der Waals surface area (Å²) in [5.74, 6) is 1.11. The zero-order valence-electron chi connectivity index (χ0n) is 15.7. The summed E-state index contributed by atoms with van der Waals surface area (Å²) in [6.45, 7) is 3.08. The SMILES string of the molecule is CC1CCCCc2cc(ccn2)-c2c(c(-n3cnccc3=O)nn2C)NC1. The van der Waals surface area contributed by atoms with Crippen molar-refractivity contribution in [3.63, 3.8) is 0 Å². The van der Waals surface area contributed by atoms with Crippen molar-refractivity contribution in [2.45, 2.75) is 32.6 Å². The predicted molar refractivity (Wildman–Crippen MR) is 105 cm³/mol. The Kier molecular flexibility index (Phi) is 4.75. The van der Waals surface area contributed by atoms with Gasteiger partial charge in [0.15, 0.2) is 5.82 Å². The molecule has 0 aliphatic carbocycles. The average Bonchev–Trinajstić information content (AvgIpc) is 2.99. The molecule has 4 rings (SSSR count). The van der Waals surface area contributed by atoms with Crippen LogP contribution in [0.2, 0.25) is 0 Å². The van der Waals surface area contributed by atoms with Gasteiger partial charge in [0.05, 0.1) is 5.69 Å². The molecular weight excluding hydrogens is 340 g/mol. The smallest absolute Gasteiger partial charge is 0.259 e. The van der Waals surface area contributed by atoms with Crippen molar-refractivity contribution in [3.8, 4) is 17.1 Å². The number of nitrogens with one attached hydrogen (secondary N) is 1. The molecule has 7 heteroatoms. The van der Waals surface area contributed by atoms with E-state index in [4.69, 9.17) is 0 Å². The molecule has 0 fully saturated rings. The lowest BCUT2D eigenvalue weighted by Gasteiger charge is -2.17. The molecule has 1 aliphatic heterocycles. The molecule has 0 amide bonds. The van der Waals surface area contributed by atoms with Crippen molar-refractivity contribution in [1.82, 2.24) is 24.3 Å². The first-order valence-corrected chi connectivity index (χ1v) is 9.42. The molecule has 27 heavy (non-hydrogen) atoms. The van der Waals surface area contributed by atoms with Crippen molar-refractivity contribution in [2.75, 3.05) is 11.9 Å². The van der Waals surface area contributed by atoms with E-state index in [1.807, 2.05) is 24.0 Å². The van der Waals surface area contributed by atoms with Gasteiger partial charge in [-0.1, -0.05) is 13.3 Å². The maximum atomic E-state index is 12.4. The van der Waals surface area contributed by atoms with Crippen molar-refractivity contribution < 1.29 is 0 Å². The van der Waals surface area contributed by atoms with Crippen molar-refractivity contribution in [1.29, 1.82) is 0 Å². The van der Waals surface area contributed by atoms with Gasteiger partial charge in [-0.25, -0.2) is 9.55 Å². The average molecular weight is 364 g/mol. The van der Waals surface area contributed by atoms with Crippen LogP contribution in [0.3, 0.4) is 0 Å². The van der Waals surface area contributed by atoms with E-state index in [-0.39, 0.29) is 5.56 Å². The van der Waals surface area contributed by atoms with E-state index in [1.165, 1.54) is 29.6 Å². The molecule has 0 saturated heterocycles. The van der Waals surface area contributed by atoms with Gasteiger partial charge in [-0.3, -0.25) is 14.5 Å². The van der Waals surface area contributed by atoms with Crippen LogP contribution in [0.1, 0.15) is 31.9 Å². The van der Waals surface area contributed by atoms with Gasteiger partial charge in [0.2, 0.25) is 0 Å². The molecular formula is C20H24N6O. The standard InChI is InChI=1S/C20H24N6O/c1-14-5-3-4-6-16-11-15(7-10-22-16)19-18(23-12-14)20(24-25(19)2)26-13-21-9-8-17(26)27/h7-11,13-14,23H,3-6,12H2,1-2H3. The maximum absolute atomic E-state index is 12.4. The Morgan fingerprint density at radius 1 is 1.22 bits per heavy atom. The number of aromatic nitrogens is 5. The quantitative estimate of drug-likeness (QED) is 0.718. The van der Waals surface area contributed by atoms with E-state index in [1.54, 1.807) is 0 Å². The minimum atomic E-state index is -0.151.